The lowest BCUT2D eigenvalue weighted by molar-refractivity contribution is -0.0318. The SMILES string of the molecule is CCNC(=NCCCOC1CCOCC1)NC1CC2CCC(C1)N2C(=O)OC(C)(C)C.I. The summed E-state index contributed by atoms with van der Waals surface area (Å²) in [5.74, 6) is 0.865. The van der Waals surface area contributed by atoms with Crippen molar-refractivity contribution in [3.05, 3.63) is 0 Å². The normalized spacial score (nSPS) is 26.4. The zero-order valence-corrected chi connectivity index (χ0v) is 22.6. The van der Waals surface area contributed by atoms with Crippen LogP contribution in [0.3, 0.4) is 0 Å². The van der Waals surface area contributed by atoms with Gasteiger partial charge < -0.3 is 29.7 Å². The minimum Gasteiger partial charge on any atom is -0.444 e. The Kier molecular flexibility index (Phi) is 11.3. The second-order valence-electron chi connectivity index (χ2n) is 9.88. The van der Waals surface area contributed by atoms with Crippen LogP contribution < -0.4 is 10.6 Å². The first-order chi connectivity index (χ1) is 14.9. The lowest BCUT2D eigenvalue weighted by atomic mass is 9.98. The summed E-state index contributed by atoms with van der Waals surface area (Å²) >= 11 is 0. The summed E-state index contributed by atoms with van der Waals surface area (Å²) in [6.45, 7) is 11.8. The van der Waals surface area contributed by atoms with Gasteiger partial charge in [0.2, 0.25) is 0 Å². The maximum Gasteiger partial charge on any atom is 0.410 e. The van der Waals surface area contributed by atoms with E-state index in [1.807, 2.05) is 25.7 Å². The Morgan fingerprint density at radius 1 is 1.12 bits per heavy atom. The van der Waals surface area contributed by atoms with E-state index in [0.29, 0.717) is 12.1 Å². The van der Waals surface area contributed by atoms with E-state index < -0.39 is 5.60 Å². The molecule has 1 amide bonds. The number of nitrogens with one attached hydrogen (secondary N) is 2. The molecule has 2 bridgehead atoms. The van der Waals surface area contributed by atoms with Crippen LogP contribution in [0.25, 0.3) is 0 Å². The van der Waals surface area contributed by atoms with Crippen molar-refractivity contribution in [3.8, 4) is 0 Å². The van der Waals surface area contributed by atoms with Gasteiger partial charge in [0.15, 0.2) is 5.96 Å². The van der Waals surface area contributed by atoms with E-state index in [2.05, 4.69) is 17.6 Å². The van der Waals surface area contributed by atoms with Crippen LogP contribution in [0.4, 0.5) is 4.79 Å². The van der Waals surface area contributed by atoms with Crippen molar-refractivity contribution in [2.24, 2.45) is 4.99 Å². The van der Waals surface area contributed by atoms with Crippen molar-refractivity contribution >= 4 is 36.0 Å². The van der Waals surface area contributed by atoms with E-state index in [4.69, 9.17) is 19.2 Å². The first-order valence-corrected chi connectivity index (χ1v) is 12.1. The molecule has 0 aromatic heterocycles. The first-order valence-electron chi connectivity index (χ1n) is 12.1. The molecule has 3 aliphatic heterocycles. The van der Waals surface area contributed by atoms with E-state index in [9.17, 15) is 4.79 Å². The number of rotatable bonds is 7. The molecule has 3 heterocycles. The fraction of sp³-hybridized carbons (Fsp3) is 0.913. The Hall–Kier alpha value is -0.810. The molecule has 3 fully saturated rings. The number of ether oxygens (including phenoxy) is 3. The average molecular weight is 567 g/mol. The molecule has 186 valence electrons. The van der Waals surface area contributed by atoms with Gasteiger partial charge in [-0.05, 0) is 72.6 Å². The number of hydrogen-bond acceptors (Lipinski definition) is 5. The molecule has 0 aliphatic carbocycles. The second kappa shape index (κ2) is 13.2. The highest BCUT2D eigenvalue weighted by Crippen LogP contribution is 2.36. The molecule has 3 aliphatic rings. The van der Waals surface area contributed by atoms with E-state index >= 15 is 0 Å². The van der Waals surface area contributed by atoms with Crippen molar-refractivity contribution in [3.63, 3.8) is 0 Å². The summed E-state index contributed by atoms with van der Waals surface area (Å²) in [5, 5.41) is 6.97. The van der Waals surface area contributed by atoms with Crippen LogP contribution in [0.15, 0.2) is 4.99 Å². The Morgan fingerprint density at radius 3 is 2.38 bits per heavy atom. The Morgan fingerprint density at radius 2 is 1.78 bits per heavy atom. The number of piperidine rings is 1. The first kappa shape index (κ1) is 27.4. The Labute approximate surface area is 210 Å². The monoisotopic (exact) mass is 566 g/mol. The number of guanidine groups is 1. The third-order valence-corrected chi connectivity index (χ3v) is 6.12. The number of halogens is 1. The Bertz CT molecular complexity index is 593. The number of hydrogen-bond donors (Lipinski definition) is 2. The minimum absolute atomic E-state index is 0. The highest BCUT2D eigenvalue weighted by atomic mass is 127. The van der Waals surface area contributed by atoms with Crippen molar-refractivity contribution in [1.29, 1.82) is 0 Å². The second-order valence-corrected chi connectivity index (χ2v) is 9.88. The standard InChI is InChI=1S/C23H42N4O4.HI/c1-5-24-21(25-11-6-12-30-20-9-13-29-14-10-20)26-17-15-18-7-8-19(16-17)27(18)22(28)31-23(2,3)4;/h17-20H,5-16H2,1-4H3,(H2,24,25,26);1H. The molecule has 2 atom stereocenters. The van der Waals surface area contributed by atoms with E-state index in [1.165, 1.54) is 0 Å². The lowest BCUT2D eigenvalue weighted by Gasteiger charge is -2.40. The van der Waals surface area contributed by atoms with Crippen LogP contribution in [0, 0.1) is 0 Å². The van der Waals surface area contributed by atoms with Crippen molar-refractivity contribution in [2.75, 3.05) is 32.9 Å². The number of fused-ring (bicyclic) bond motifs is 2. The molecule has 0 saturated carbocycles. The molecule has 0 aromatic rings. The average Bonchev–Trinajstić information content (AvgIpc) is 2.98. The third kappa shape index (κ3) is 8.52. The van der Waals surface area contributed by atoms with E-state index in [1.54, 1.807) is 0 Å². The summed E-state index contributed by atoms with van der Waals surface area (Å²) in [6.07, 6.45) is 7.07. The molecule has 0 spiro atoms. The molecule has 3 saturated heterocycles. The van der Waals surface area contributed by atoms with E-state index in [0.717, 1.165) is 83.8 Å². The summed E-state index contributed by atoms with van der Waals surface area (Å²) in [4.78, 5) is 19.4. The number of carbonyl (C=O) groups excluding carboxylic acids is 1. The van der Waals surface area contributed by atoms with E-state index in [-0.39, 0.29) is 42.2 Å². The number of aliphatic imine (C=N–C) groups is 1. The van der Waals surface area contributed by atoms with Crippen LogP contribution in [-0.4, -0.2) is 79.7 Å². The summed E-state index contributed by atoms with van der Waals surface area (Å²) in [6, 6.07) is 0.830. The lowest BCUT2D eigenvalue weighted by Crippen LogP contribution is -2.55. The van der Waals surface area contributed by atoms with Crippen LogP contribution in [-0.2, 0) is 14.2 Å². The van der Waals surface area contributed by atoms with Crippen LogP contribution in [0.5, 0.6) is 0 Å². The smallest absolute Gasteiger partial charge is 0.410 e. The van der Waals surface area contributed by atoms with Crippen LogP contribution in [0.1, 0.15) is 72.6 Å². The van der Waals surface area contributed by atoms with Gasteiger partial charge in [-0.3, -0.25) is 4.99 Å². The fourth-order valence-electron chi connectivity index (χ4n) is 4.77. The number of amides is 1. The van der Waals surface area contributed by atoms with Crippen LogP contribution >= 0.6 is 24.0 Å². The maximum absolute atomic E-state index is 12.7. The molecule has 8 nitrogen and oxygen atoms in total. The molecule has 32 heavy (non-hydrogen) atoms. The van der Waals surface area contributed by atoms with Gasteiger partial charge >= 0.3 is 6.09 Å². The van der Waals surface area contributed by atoms with Gasteiger partial charge in [0.25, 0.3) is 0 Å². The highest BCUT2D eigenvalue weighted by Gasteiger charge is 2.45. The zero-order valence-electron chi connectivity index (χ0n) is 20.2. The molecule has 0 aromatic carbocycles. The number of carbonyl (C=O) groups is 1. The van der Waals surface area contributed by atoms with Gasteiger partial charge in [-0.15, -0.1) is 24.0 Å². The summed E-state index contributed by atoms with van der Waals surface area (Å²) in [5.41, 5.74) is -0.453. The van der Waals surface area contributed by atoms with Gasteiger partial charge in [-0.25, -0.2) is 4.79 Å². The maximum atomic E-state index is 12.7. The molecule has 3 rings (SSSR count). The Balaban J connectivity index is 0.00000363. The van der Waals surface area contributed by atoms with Gasteiger partial charge in [0.1, 0.15) is 5.60 Å². The fourth-order valence-corrected chi connectivity index (χ4v) is 4.77. The highest BCUT2D eigenvalue weighted by molar-refractivity contribution is 14.0. The van der Waals surface area contributed by atoms with Gasteiger partial charge in [-0.1, -0.05) is 0 Å². The van der Waals surface area contributed by atoms with Gasteiger partial charge in [0, 0.05) is 51.0 Å². The zero-order chi connectivity index (χ0) is 22.3. The molecule has 9 heteroatoms. The molecule has 2 N–H and O–H groups in total. The summed E-state index contributed by atoms with van der Waals surface area (Å²) in [7, 11) is 0. The third-order valence-electron chi connectivity index (χ3n) is 6.12. The topological polar surface area (TPSA) is 84.4 Å². The largest absolute Gasteiger partial charge is 0.444 e. The predicted molar refractivity (Wildman–Crippen MR) is 137 cm³/mol. The number of nitrogens with zero attached hydrogens (tertiary/aromatic N) is 2. The van der Waals surface area contributed by atoms with Crippen LogP contribution in [0.2, 0.25) is 0 Å². The molecule has 2 unspecified atom stereocenters. The molecule has 0 radical (unpaired) electrons. The van der Waals surface area contributed by atoms with Crippen molar-refractivity contribution in [2.45, 2.75) is 102 Å². The van der Waals surface area contributed by atoms with Crippen molar-refractivity contribution < 1.29 is 19.0 Å². The van der Waals surface area contributed by atoms with Gasteiger partial charge in [0.05, 0.1) is 6.10 Å². The minimum atomic E-state index is -0.453. The summed E-state index contributed by atoms with van der Waals surface area (Å²) < 4.78 is 17.0. The molecular weight excluding hydrogens is 523 g/mol. The van der Waals surface area contributed by atoms with Crippen molar-refractivity contribution in [1.82, 2.24) is 15.5 Å². The quantitative estimate of drug-likeness (QED) is 0.212. The predicted octanol–water partition coefficient (Wildman–Crippen LogP) is 3.68. The van der Waals surface area contributed by atoms with Gasteiger partial charge in [-0.2, -0.15) is 0 Å². The molecular formula is C23H43IN4O4.